The maximum Gasteiger partial charge on any atom is 0.416 e. The Morgan fingerprint density at radius 3 is 2.42 bits per heavy atom. The van der Waals surface area contributed by atoms with Crippen LogP contribution in [0.1, 0.15) is 16.7 Å². The monoisotopic (exact) mass is 353 g/mol. The zero-order valence-electron chi connectivity index (χ0n) is 12.8. The molecule has 124 valence electrons. The van der Waals surface area contributed by atoms with Gasteiger partial charge in [-0.05, 0) is 55.3 Å². The number of pyridine rings is 1. The number of alkyl halides is 3. The quantitative estimate of drug-likeness (QED) is 0.466. The van der Waals surface area contributed by atoms with Crippen LogP contribution in [0.25, 0.3) is 22.2 Å². The molecule has 0 aliphatic heterocycles. The molecule has 1 nitrogen and oxygen atoms in total. The molecular weight excluding hydrogens is 342 g/mol. The lowest BCUT2D eigenvalue weighted by Gasteiger charge is -2.14. The Morgan fingerprint density at radius 2 is 1.75 bits per heavy atom. The second kappa shape index (κ2) is 5.74. The average molecular weight is 354 g/mol. The highest BCUT2D eigenvalue weighted by Crippen LogP contribution is 2.37. The average Bonchev–Trinajstić information content (AvgIpc) is 2.49. The van der Waals surface area contributed by atoms with E-state index in [9.17, 15) is 17.6 Å². The van der Waals surface area contributed by atoms with Crippen LogP contribution in [0.4, 0.5) is 17.6 Å². The molecule has 1 heterocycles. The van der Waals surface area contributed by atoms with Crippen LogP contribution in [0.2, 0.25) is 5.02 Å². The molecule has 0 saturated heterocycles. The van der Waals surface area contributed by atoms with Crippen LogP contribution in [-0.4, -0.2) is 4.98 Å². The standard InChI is InChI=1S/C18H12ClF4N/c1-9-6-11(8-12(7-9)18(21,22)23)17-10(2)16(19)15-13(20)4-3-5-14(15)24-17/h3-8H,1-2H3. The molecule has 0 saturated carbocycles. The fraction of sp³-hybridized carbons (Fsp3) is 0.167. The number of hydrogen-bond acceptors (Lipinski definition) is 1. The minimum Gasteiger partial charge on any atom is -0.247 e. The first-order chi connectivity index (χ1) is 11.2. The van der Waals surface area contributed by atoms with Gasteiger partial charge in [0.05, 0.1) is 27.2 Å². The smallest absolute Gasteiger partial charge is 0.247 e. The number of benzene rings is 2. The van der Waals surface area contributed by atoms with Crippen molar-refractivity contribution in [3.63, 3.8) is 0 Å². The number of aryl methyl sites for hydroxylation is 1. The zero-order chi connectivity index (χ0) is 17.6. The Labute approximate surface area is 140 Å². The van der Waals surface area contributed by atoms with Gasteiger partial charge < -0.3 is 0 Å². The van der Waals surface area contributed by atoms with Crippen molar-refractivity contribution in [1.29, 1.82) is 0 Å². The molecule has 0 N–H and O–H groups in total. The van der Waals surface area contributed by atoms with Crippen molar-refractivity contribution >= 4 is 22.5 Å². The van der Waals surface area contributed by atoms with Crippen molar-refractivity contribution in [2.24, 2.45) is 0 Å². The molecular formula is C18H12ClF4N. The molecule has 0 fully saturated rings. The number of nitrogens with zero attached hydrogens (tertiary/aromatic N) is 1. The molecule has 3 aromatic rings. The van der Waals surface area contributed by atoms with Crippen molar-refractivity contribution in [2.45, 2.75) is 20.0 Å². The van der Waals surface area contributed by atoms with Crippen LogP contribution < -0.4 is 0 Å². The van der Waals surface area contributed by atoms with Gasteiger partial charge in [0, 0.05) is 5.56 Å². The van der Waals surface area contributed by atoms with Crippen molar-refractivity contribution < 1.29 is 17.6 Å². The predicted molar refractivity (Wildman–Crippen MR) is 86.6 cm³/mol. The third-order valence-corrected chi connectivity index (χ3v) is 4.28. The van der Waals surface area contributed by atoms with Crippen molar-refractivity contribution in [3.8, 4) is 11.3 Å². The van der Waals surface area contributed by atoms with E-state index < -0.39 is 17.6 Å². The number of rotatable bonds is 1. The van der Waals surface area contributed by atoms with Crippen LogP contribution in [0, 0.1) is 19.7 Å². The first-order valence-electron chi connectivity index (χ1n) is 7.12. The first-order valence-corrected chi connectivity index (χ1v) is 7.50. The van der Waals surface area contributed by atoms with E-state index in [1.807, 2.05) is 0 Å². The summed E-state index contributed by atoms with van der Waals surface area (Å²) in [6.45, 7) is 3.20. The Hall–Kier alpha value is -2.14. The summed E-state index contributed by atoms with van der Waals surface area (Å²) < 4.78 is 53.1. The largest absolute Gasteiger partial charge is 0.416 e. The molecule has 3 rings (SSSR count). The second-order valence-corrected chi connectivity index (χ2v) is 6.00. The van der Waals surface area contributed by atoms with Gasteiger partial charge in [0.2, 0.25) is 0 Å². The van der Waals surface area contributed by atoms with Gasteiger partial charge in [-0.15, -0.1) is 0 Å². The Morgan fingerprint density at radius 1 is 1.04 bits per heavy atom. The number of fused-ring (bicyclic) bond motifs is 1. The number of halogens is 5. The molecule has 0 atom stereocenters. The van der Waals surface area contributed by atoms with Gasteiger partial charge in [0.15, 0.2) is 0 Å². The molecule has 0 radical (unpaired) electrons. The fourth-order valence-electron chi connectivity index (χ4n) is 2.68. The third-order valence-electron chi connectivity index (χ3n) is 3.81. The summed E-state index contributed by atoms with van der Waals surface area (Å²) in [5.41, 5.74) is 1.05. The summed E-state index contributed by atoms with van der Waals surface area (Å²) in [4.78, 5) is 4.34. The third kappa shape index (κ3) is 2.84. The van der Waals surface area contributed by atoms with E-state index in [0.29, 0.717) is 27.9 Å². The van der Waals surface area contributed by atoms with E-state index in [1.54, 1.807) is 26.0 Å². The Bertz CT molecular complexity index is 948. The maximum atomic E-state index is 14.0. The van der Waals surface area contributed by atoms with E-state index in [0.717, 1.165) is 12.1 Å². The normalized spacial score (nSPS) is 12.0. The summed E-state index contributed by atoms with van der Waals surface area (Å²) in [6, 6.07) is 8.03. The Kier molecular flexibility index (Phi) is 4.00. The van der Waals surface area contributed by atoms with Crippen LogP contribution >= 0.6 is 11.6 Å². The molecule has 24 heavy (non-hydrogen) atoms. The molecule has 0 amide bonds. The topological polar surface area (TPSA) is 12.9 Å². The summed E-state index contributed by atoms with van der Waals surface area (Å²) in [5, 5.41) is 0.326. The molecule has 2 aromatic carbocycles. The van der Waals surface area contributed by atoms with E-state index in [1.165, 1.54) is 12.1 Å². The lowest BCUT2D eigenvalue weighted by Crippen LogP contribution is -2.06. The van der Waals surface area contributed by atoms with Crippen molar-refractivity contribution in [3.05, 3.63) is 63.9 Å². The Balaban J connectivity index is 2.31. The van der Waals surface area contributed by atoms with E-state index in [-0.39, 0.29) is 10.4 Å². The van der Waals surface area contributed by atoms with Crippen LogP contribution in [0.15, 0.2) is 36.4 Å². The minimum absolute atomic E-state index is 0.156. The molecule has 1 aromatic heterocycles. The van der Waals surface area contributed by atoms with Crippen LogP contribution in [0.5, 0.6) is 0 Å². The van der Waals surface area contributed by atoms with Gasteiger partial charge in [-0.25, -0.2) is 9.37 Å². The van der Waals surface area contributed by atoms with E-state index >= 15 is 0 Å². The fourth-order valence-corrected chi connectivity index (χ4v) is 2.96. The minimum atomic E-state index is -4.46. The van der Waals surface area contributed by atoms with Crippen LogP contribution in [0.3, 0.4) is 0 Å². The second-order valence-electron chi connectivity index (χ2n) is 5.62. The summed E-state index contributed by atoms with van der Waals surface area (Å²) in [6.07, 6.45) is -4.46. The van der Waals surface area contributed by atoms with E-state index in [2.05, 4.69) is 4.98 Å². The van der Waals surface area contributed by atoms with Gasteiger partial charge >= 0.3 is 6.18 Å². The van der Waals surface area contributed by atoms with Crippen LogP contribution in [-0.2, 0) is 6.18 Å². The first kappa shape index (κ1) is 16.7. The predicted octanol–water partition coefficient (Wildman–Crippen LogP) is 6.33. The van der Waals surface area contributed by atoms with Gasteiger partial charge in [-0.1, -0.05) is 17.7 Å². The van der Waals surface area contributed by atoms with Gasteiger partial charge in [-0.3, -0.25) is 0 Å². The molecule has 0 aliphatic carbocycles. The summed E-state index contributed by atoms with van der Waals surface area (Å²) in [5.74, 6) is -0.514. The molecule has 6 heteroatoms. The SMILES string of the molecule is Cc1cc(-c2nc3cccc(F)c3c(Cl)c2C)cc(C(F)(F)F)c1. The van der Waals surface area contributed by atoms with Gasteiger partial charge in [-0.2, -0.15) is 13.2 Å². The lowest BCUT2D eigenvalue weighted by molar-refractivity contribution is -0.137. The molecule has 0 bridgehead atoms. The van der Waals surface area contributed by atoms with Gasteiger partial charge in [0.25, 0.3) is 0 Å². The molecule has 0 unspecified atom stereocenters. The molecule has 0 spiro atoms. The van der Waals surface area contributed by atoms with Crippen molar-refractivity contribution in [2.75, 3.05) is 0 Å². The number of hydrogen-bond donors (Lipinski definition) is 0. The molecule has 0 aliphatic rings. The van der Waals surface area contributed by atoms with E-state index in [4.69, 9.17) is 11.6 Å². The highest BCUT2D eigenvalue weighted by Gasteiger charge is 2.31. The highest BCUT2D eigenvalue weighted by atomic mass is 35.5. The van der Waals surface area contributed by atoms with Gasteiger partial charge in [0.1, 0.15) is 5.82 Å². The lowest BCUT2D eigenvalue weighted by atomic mass is 9.99. The summed E-state index contributed by atoms with van der Waals surface area (Å²) >= 11 is 6.25. The zero-order valence-corrected chi connectivity index (χ0v) is 13.6. The summed E-state index contributed by atoms with van der Waals surface area (Å²) in [7, 11) is 0. The van der Waals surface area contributed by atoms with Crippen molar-refractivity contribution in [1.82, 2.24) is 4.98 Å². The maximum absolute atomic E-state index is 14.0. The number of aromatic nitrogens is 1. The highest BCUT2D eigenvalue weighted by molar-refractivity contribution is 6.36.